The molecule has 1 unspecified atom stereocenters. The number of thiophene rings is 1. The van der Waals surface area contributed by atoms with Gasteiger partial charge in [0.25, 0.3) is 0 Å². The van der Waals surface area contributed by atoms with Crippen molar-refractivity contribution in [2.45, 2.75) is 43.4 Å². The van der Waals surface area contributed by atoms with E-state index in [0.717, 1.165) is 20.9 Å². The lowest BCUT2D eigenvalue weighted by molar-refractivity contribution is -0.129. The van der Waals surface area contributed by atoms with Crippen molar-refractivity contribution in [3.63, 3.8) is 0 Å². The molecule has 1 aliphatic rings. The summed E-state index contributed by atoms with van der Waals surface area (Å²) in [6.07, 6.45) is 0.828. The molecule has 1 aromatic heterocycles. The summed E-state index contributed by atoms with van der Waals surface area (Å²) < 4.78 is 0. The first-order valence-corrected chi connectivity index (χ1v) is 13.7. The number of anilines is 2. The zero-order valence-corrected chi connectivity index (χ0v) is 22.7. The van der Waals surface area contributed by atoms with E-state index in [1.807, 2.05) is 30.3 Å². The second-order valence-corrected chi connectivity index (χ2v) is 11.6. The van der Waals surface area contributed by atoms with E-state index in [1.165, 1.54) is 30.0 Å². The van der Waals surface area contributed by atoms with Crippen molar-refractivity contribution < 1.29 is 14.4 Å². The van der Waals surface area contributed by atoms with Crippen molar-refractivity contribution in [1.82, 2.24) is 4.90 Å². The number of nitrogens with zero attached hydrogens (tertiary/aromatic N) is 2. The highest BCUT2D eigenvalue weighted by molar-refractivity contribution is 8.00. The van der Waals surface area contributed by atoms with Crippen molar-refractivity contribution in [1.29, 1.82) is 5.26 Å². The van der Waals surface area contributed by atoms with Crippen molar-refractivity contribution in [2.75, 3.05) is 17.2 Å². The van der Waals surface area contributed by atoms with Gasteiger partial charge in [0.15, 0.2) is 0 Å². The molecule has 0 bridgehead atoms. The Morgan fingerprint density at radius 3 is 2.65 bits per heavy atom. The van der Waals surface area contributed by atoms with Crippen molar-refractivity contribution in [3.05, 3.63) is 75.1 Å². The second-order valence-electron chi connectivity index (χ2n) is 8.64. The Kier molecular flexibility index (Phi) is 8.54. The number of carbonyl (C=O) groups excluding carboxylic acids is 3. The molecule has 0 radical (unpaired) electrons. The Morgan fingerprint density at radius 1 is 1.19 bits per heavy atom. The van der Waals surface area contributed by atoms with Crippen molar-refractivity contribution >= 4 is 63.1 Å². The molecule has 10 heteroatoms. The summed E-state index contributed by atoms with van der Waals surface area (Å²) in [5, 5.41) is 16.2. The fourth-order valence-electron chi connectivity index (χ4n) is 3.99. The molecule has 3 amide bonds. The fourth-order valence-corrected chi connectivity index (χ4v) is 6.26. The van der Waals surface area contributed by atoms with Gasteiger partial charge in [0, 0.05) is 34.0 Å². The standard InChI is InChI=1S/C27H25ClN4O3S2/c1-16(26(35)31-27-23(14-29)22-10-11-32(17(2)33)15-24(22)37-27)36-21-5-3-4-20(13-21)30-25(34)12-18-6-8-19(28)9-7-18/h3-9,13,16H,10-12,15H2,1-2H3,(H,30,34)(H,31,35). The predicted octanol–water partition coefficient (Wildman–Crippen LogP) is 5.48. The van der Waals surface area contributed by atoms with Gasteiger partial charge in [-0.05, 0) is 54.8 Å². The van der Waals surface area contributed by atoms with Crippen molar-refractivity contribution in [3.8, 4) is 6.07 Å². The molecular formula is C27H25ClN4O3S2. The van der Waals surface area contributed by atoms with E-state index in [1.54, 1.807) is 30.0 Å². The fraction of sp³-hybridized carbons (Fsp3) is 0.259. The van der Waals surface area contributed by atoms with Gasteiger partial charge in [0.2, 0.25) is 17.7 Å². The van der Waals surface area contributed by atoms with E-state index in [0.29, 0.717) is 40.8 Å². The monoisotopic (exact) mass is 552 g/mol. The van der Waals surface area contributed by atoms with E-state index >= 15 is 0 Å². The van der Waals surface area contributed by atoms with Crippen LogP contribution in [0.25, 0.3) is 0 Å². The highest BCUT2D eigenvalue weighted by atomic mass is 35.5. The summed E-state index contributed by atoms with van der Waals surface area (Å²) in [6.45, 7) is 4.36. The number of rotatable bonds is 7. The summed E-state index contributed by atoms with van der Waals surface area (Å²) >= 11 is 8.62. The minimum absolute atomic E-state index is 0.00318. The maximum Gasteiger partial charge on any atom is 0.238 e. The highest BCUT2D eigenvalue weighted by Crippen LogP contribution is 2.37. The number of fused-ring (bicyclic) bond motifs is 1. The number of carbonyl (C=O) groups is 3. The first-order valence-electron chi connectivity index (χ1n) is 11.7. The van der Waals surface area contributed by atoms with Crippen molar-refractivity contribution in [2.24, 2.45) is 0 Å². The number of halogens is 1. The third-order valence-electron chi connectivity index (χ3n) is 5.93. The van der Waals surface area contributed by atoms with Gasteiger partial charge in [-0.2, -0.15) is 5.26 Å². The van der Waals surface area contributed by atoms with E-state index in [4.69, 9.17) is 11.6 Å². The number of benzene rings is 2. The molecule has 0 saturated carbocycles. The number of hydrogen-bond donors (Lipinski definition) is 2. The predicted molar refractivity (Wildman–Crippen MR) is 148 cm³/mol. The van der Waals surface area contributed by atoms with Crippen LogP contribution >= 0.6 is 34.7 Å². The molecule has 2 aromatic carbocycles. The van der Waals surface area contributed by atoms with Gasteiger partial charge in [-0.25, -0.2) is 0 Å². The van der Waals surface area contributed by atoms with Crippen LogP contribution in [0.15, 0.2) is 53.4 Å². The number of amides is 3. The van der Waals surface area contributed by atoms with Crippen LogP contribution in [0.1, 0.15) is 35.4 Å². The molecular weight excluding hydrogens is 528 g/mol. The molecule has 0 aliphatic carbocycles. The smallest absolute Gasteiger partial charge is 0.238 e. The maximum atomic E-state index is 13.0. The molecule has 190 valence electrons. The Hall–Kier alpha value is -3.32. The van der Waals surface area contributed by atoms with E-state index < -0.39 is 5.25 Å². The van der Waals surface area contributed by atoms with Gasteiger partial charge in [-0.15, -0.1) is 23.1 Å². The van der Waals surface area contributed by atoms with Gasteiger partial charge in [-0.1, -0.05) is 29.8 Å². The molecule has 37 heavy (non-hydrogen) atoms. The van der Waals surface area contributed by atoms with Crippen LogP contribution in [0.2, 0.25) is 5.02 Å². The molecule has 0 fully saturated rings. The van der Waals surface area contributed by atoms with E-state index in [2.05, 4.69) is 16.7 Å². The molecule has 2 heterocycles. The molecule has 0 saturated heterocycles. The summed E-state index contributed by atoms with van der Waals surface area (Å²) in [4.78, 5) is 40.7. The minimum atomic E-state index is -0.445. The Bertz CT molecular complexity index is 1380. The van der Waals surface area contributed by atoms with E-state index in [9.17, 15) is 19.6 Å². The zero-order valence-electron chi connectivity index (χ0n) is 20.3. The van der Waals surface area contributed by atoms with Gasteiger partial charge in [0.1, 0.15) is 11.1 Å². The number of nitrogens with one attached hydrogen (secondary N) is 2. The van der Waals surface area contributed by atoms with Crippen LogP contribution in [0.3, 0.4) is 0 Å². The SMILES string of the molecule is CC(=O)N1CCc2c(sc(NC(=O)C(C)Sc3cccc(NC(=O)Cc4ccc(Cl)cc4)c3)c2C#N)C1. The van der Waals surface area contributed by atoms with Crippen LogP contribution in [-0.2, 0) is 33.8 Å². The Morgan fingerprint density at radius 2 is 1.95 bits per heavy atom. The molecule has 4 rings (SSSR count). The second kappa shape index (κ2) is 11.8. The first-order chi connectivity index (χ1) is 17.7. The third kappa shape index (κ3) is 6.72. The molecule has 0 spiro atoms. The molecule has 1 atom stereocenters. The molecule has 1 aliphatic heterocycles. The van der Waals surface area contributed by atoms with Gasteiger partial charge in [0.05, 0.1) is 23.8 Å². The summed E-state index contributed by atoms with van der Waals surface area (Å²) in [7, 11) is 0. The Balaban J connectivity index is 1.37. The third-order valence-corrected chi connectivity index (χ3v) is 8.41. The lowest BCUT2D eigenvalue weighted by Crippen LogP contribution is -2.33. The number of nitriles is 1. The average Bonchev–Trinajstić information content (AvgIpc) is 3.21. The van der Waals surface area contributed by atoms with Gasteiger partial charge >= 0.3 is 0 Å². The summed E-state index contributed by atoms with van der Waals surface area (Å²) in [6, 6.07) is 16.7. The van der Waals surface area contributed by atoms with Crippen LogP contribution < -0.4 is 10.6 Å². The molecule has 7 nitrogen and oxygen atoms in total. The van der Waals surface area contributed by atoms with Gasteiger partial charge in [-0.3, -0.25) is 14.4 Å². The average molecular weight is 553 g/mol. The normalized spacial score (nSPS) is 13.3. The summed E-state index contributed by atoms with van der Waals surface area (Å²) in [5.74, 6) is -0.374. The van der Waals surface area contributed by atoms with Crippen LogP contribution in [0, 0.1) is 11.3 Å². The highest BCUT2D eigenvalue weighted by Gasteiger charge is 2.27. The van der Waals surface area contributed by atoms with Crippen LogP contribution in [-0.4, -0.2) is 34.4 Å². The number of hydrogen-bond acceptors (Lipinski definition) is 6. The zero-order chi connectivity index (χ0) is 26.5. The first kappa shape index (κ1) is 26.7. The van der Waals surface area contributed by atoms with Crippen LogP contribution in [0.5, 0.6) is 0 Å². The number of thioether (sulfide) groups is 1. The minimum Gasteiger partial charge on any atom is -0.337 e. The van der Waals surface area contributed by atoms with Crippen LogP contribution in [0.4, 0.5) is 10.7 Å². The lowest BCUT2D eigenvalue weighted by atomic mass is 10.0. The van der Waals surface area contributed by atoms with Gasteiger partial charge < -0.3 is 15.5 Å². The molecule has 2 N–H and O–H groups in total. The molecule has 3 aromatic rings. The quantitative estimate of drug-likeness (QED) is 0.378. The largest absolute Gasteiger partial charge is 0.337 e. The summed E-state index contributed by atoms with van der Waals surface area (Å²) in [5.41, 5.74) is 2.91. The maximum absolute atomic E-state index is 13.0. The lowest BCUT2D eigenvalue weighted by Gasteiger charge is -2.25. The topological polar surface area (TPSA) is 102 Å². The Labute approximate surface area is 228 Å². The van der Waals surface area contributed by atoms with E-state index in [-0.39, 0.29) is 24.1 Å².